The molecule has 0 saturated heterocycles. The lowest BCUT2D eigenvalue weighted by Gasteiger charge is -2.21. The summed E-state index contributed by atoms with van der Waals surface area (Å²) in [7, 11) is -9.91. The number of esters is 4. The molecule has 0 heterocycles. The van der Waals surface area contributed by atoms with Gasteiger partial charge in [0.25, 0.3) is 0 Å². The molecule has 2 unspecified atom stereocenters. The number of phosphoric acid groups is 2. The maximum atomic E-state index is 13.1. The summed E-state index contributed by atoms with van der Waals surface area (Å²) in [5.41, 5.74) is 0. The zero-order valence-corrected chi connectivity index (χ0v) is 64.5. The van der Waals surface area contributed by atoms with Crippen molar-refractivity contribution in [2.45, 2.75) is 419 Å². The largest absolute Gasteiger partial charge is 0.472 e. The molecule has 5 atom stereocenters. The first kappa shape index (κ1) is 94.1. The summed E-state index contributed by atoms with van der Waals surface area (Å²) in [6.45, 7) is 9.48. The smallest absolute Gasteiger partial charge is 0.462 e. The first-order valence-corrected chi connectivity index (χ1v) is 43.0. The van der Waals surface area contributed by atoms with E-state index in [9.17, 15) is 43.2 Å². The van der Waals surface area contributed by atoms with Crippen LogP contribution in [0.4, 0.5) is 0 Å². The number of phosphoric ester groups is 2. The van der Waals surface area contributed by atoms with E-state index in [-0.39, 0.29) is 25.7 Å². The zero-order valence-electron chi connectivity index (χ0n) is 62.7. The van der Waals surface area contributed by atoms with Gasteiger partial charge in [0, 0.05) is 25.7 Å². The lowest BCUT2D eigenvalue weighted by molar-refractivity contribution is -0.161. The van der Waals surface area contributed by atoms with Gasteiger partial charge in [-0.05, 0) is 37.5 Å². The monoisotopic (exact) mass is 1410 g/mol. The van der Waals surface area contributed by atoms with Gasteiger partial charge in [-0.2, -0.15) is 0 Å². The molecule has 0 aromatic carbocycles. The average molecular weight is 1410 g/mol. The third-order valence-electron chi connectivity index (χ3n) is 18.0. The van der Waals surface area contributed by atoms with Gasteiger partial charge >= 0.3 is 39.5 Å². The number of ether oxygens (including phenoxy) is 4. The highest BCUT2D eigenvalue weighted by Gasteiger charge is 2.30. The van der Waals surface area contributed by atoms with E-state index in [1.165, 1.54) is 212 Å². The molecule has 0 aliphatic heterocycles. The quantitative estimate of drug-likeness (QED) is 0.0222. The number of unbranched alkanes of at least 4 members (excludes halogenated alkanes) is 46. The highest BCUT2D eigenvalue weighted by Crippen LogP contribution is 2.45. The molecule has 19 heteroatoms. The van der Waals surface area contributed by atoms with E-state index in [1.54, 1.807) is 0 Å². The van der Waals surface area contributed by atoms with Gasteiger partial charge in [0.05, 0.1) is 26.4 Å². The fourth-order valence-electron chi connectivity index (χ4n) is 11.8. The second kappa shape index (κ2) is 68.8. The predicted octanol–water partition coefficient (Wildman–Crippen LogP) is 22.7. The van der Waals surface area contributed by atoms with Crippen LogP contribution in [0.3, 0.4) is 0 Å². The minimum absolute atomic E-state index is 0.104. The molecule has 0 aliphatic rings. The van der Waals surface area contributed by atoms with Gasteiger partial charge in [-0.3, -0.25) is 37.3 Å². The number of hydrogen-bond acceptors (Lipinski definition) is 15. The summed E-state index contributed by atoms with van der Waals surface area (Å²) in [4.78, 5) is 72.8. The van der Waals surface area contributed by atoms with Crippen LogP contribution in [-0.4, -0.2) is 96.7 Å². The normalized spacial score (nSPS) is 14.0. The first-order valence-electron chi connectivity index (χ1n) is 40.0. The van der Waals surface area contributed by atoms with Crippen molar-refractivity contribution in [1.82, 2.24) is 0 Å². The van der Waals surface area contributed by atoms with Crippen LogP contribution in [0.25, 0.3) is 0 Å². The van der Waals surface area contributed by atoms with Crippen molar-refractivity contribution >= 4 is 39.5 Å². The molecule has 0 radical (unpaired) electrons. The Balaban J connectivity index is 5.21. The Hall–Kier alpha value is -1.94. The molecule has 0 saturated carbocycles. The third kappa shape index (κ3) is 70.5. The fraction of sp³-hybridized carbons (Fsp3) is 0.948. The van der Waals surface area contributed by atoms with Crippen LogP contribution in [0, 0.1) is 11.8 Å². The van der Waals surface area contributed by atoms with E-state index in [0.717, 1.165) is 102 Å². The third-order valence-corrected chi connectivity index (χ3v) is 19.9. The second-order valence-electron chi connectivity index (χ2n) is 28.7. The molecule has 3 N–H and O–H groups in total. The maximum absolute atomic E-state index is 13.1. The molecule has 0 aromatic heterocycles. The standard InChI is InChI=1S/C77H150O17P2/c1-7-9-11-13-15-17-19-21-23-25-27-29-31-33-35-40-47-53-59-74(79)87-65-72(93-76(81)61-55-49-41-36-34-32-30-28-26-24-22-20-18-16-14-12-10-8-2)67-91-95(83,84)89-63-71(78)64-90-96(85,86)92-68-73(66-88-75(80)60-54-48-44-43-46-52-58-70(5)6)94-77(82)62-56-50-42-38-37-39-45-51-57-69(3)4/h69-73,78H,7-68H2,1-6H3,(H,83,84)(H,85,86)/t71-,72-,73-/m1/s1. The summed E-state index contributed by atoms with van der Waals surface area (Å²) in [5, 5.41) is 10.6. The number of carbonyl (C=O) groups is 4. The Kier molecular flexibility index (Phi) is 67.4. The highest BCUT2D eigenvalue weighted by atomic mass is 31.2. The maximum Gasteiger partial charge on any atom is 0.472 e. The van der Waals surface area contributed by atoms with Crippen molar-refractivity contribution in [3.05, 3.63) is 0 Å². The van der Waals surface area contributed by atoms with E-state index < -0.39 is 97.5 Å². The van der Waals surface area contributed by atoms with Crippen LogP contribution < -0.4 is 0 Å². The first-order chi connectivity index (χ1) is 46.4. The van der Waals surface area contributed by atoms with Crippen molar-refractivity contribution in [3.63, 3.8) is 0 Å². The Morgan fingerprint density at radius 1 is 0.281 bits per heavy atom. The molecular formula is C77H150O17P2. The molecule has 0 spiro atoms. The molecular weight excluding hydrogens is 1260 g/mol. The minimum Gasteiger partial charge on any atom is -0.462 e. The van der Waals surface area contributed by atoms with E-state index in [2.05, 4.69) is 41.5 Å². The van der Waals surface area contributed by atoms with Gasteiger partial charge in [-0.15, -0.1) is 0 Å². The molecule has 0 bridgehead atoms. The highest BCUT2D eigenvalue weighted by molar-refractivity contribution is 7.47. The number of rotatable bonds is 76. The SMILES string of the molecule is CCCCCCCCCCCCCCCCCCCCC(=O)OC[C@H](COP(=O)(O)OC[C@@H](O)COP(=O)(O)OC[C@@H](COC(=O)CCCCCCCCC(C)C)OC(=O)CCCCCCCCCCC(C)C)OC(=O)CCCCCCCCCCCCCCCCCCCC. The van der Waals surface area contributed by atoms with Gasteiger partial charge in [-0.1, -0.05) is 350 Å². The van der Waals surface area contributed by atoms with Crippen LogP contribution in [0.1, 0.15) is 401 Å². The van der Waals surface area contributed by atoms with E-state index in [1.807, 2.05) is 0 Å². The molecule has 17 nitrogen and oxygen atoms in total. The van der Waals surface area contributed by atoms with E-state index >= 15 is 0 Å². The van der Waals surface area contributed by atoms with Crippen molar-refractivity contribution in [2.75, 3.05) is 39.6 Å². The molecule has 0 aliphatic carbocycles. The summed E-state index contributed by atoms with van der Waals surface area (Å²) < 4.78 is 68.5. The Labute approximate surface area is 588 Å². The Bertz CT molecular complexity index is 1860. The van der Waals surface area contributed by atoms with Crippen molar-refractivity contribution in [1.29, 1.82) is 0 Å². The van der Waals surface area contributed by atoms with Crippen LogP contribution in [0.5, 0.6) is 0 Å². The molecule has 0 aromatic rings. The summed E-state index contributed by atoms with van der Waals surface area (Å²) in [5.74, 6) is -0.721. The number of aliphatic hydroxyl groups excluding tert-OH is 1. The van der Waals surface area contributed by atoms with Crippen molar-refractivity contribution in [3.8, 4) is 0 Å². The minimum atomic E-state index is -4.96. The molecule has 0 amide bonds. The molecule has 570 valence electrons. The lowest BCUT2D eigenvalue weighted by atomic mass is 10.0. The lowest BCUT2D eigenvalue weighted by Crippen LogP contribution is -2.30. The van der Waals surface area contributed by atoms with Gasteiger partial charge in [-0.25, -0.2) is 9.13 Å². The molecule has 96 heavy (non-hydrogen) atoms. The summed E-state index contributed by atoms with van der Waals surface area (Å²) >= 11 is 0. The van der Waals surface area contributed by atoms with E-state index in [4.69, 9.17) is 37.0 Å². The Morgan fingerprint density at radius 2 is 0.479 bits per heavy atom. The van der Waals surface area contributed by atoms with Crippen molar-refractivity contribution in [2.24, 2.45) is 11.8 Å². The predicted molar refractivity (Wildman–Crippen MR) is 391 cm³/mol. The van der Waals surface area contributed by atoms with Crippen LogP contribution in [-0.2, 0) is 65.4 Å². The molecule has 0 rings (SSSR count). The number of hydrogen-bond donors (Lipinski definition) is 3. The van der Waals surface area contributed by atoms with Crippen LogP contribution >= 0.6 is 15.6 Å². The van der Waals surface area contributed by atoms with Crippen LogP contribution in [0.15, 0.2) is 0 Å². The average Bonchev–Trinajstić information content (AvgIpc) is 2.12. The summed E-state index contributed by atoms with van der Waals surface area (Å²) in [6.07, 6.45) is 57.2. The number of aliphatic hydroxyl groups is 1. The second-order valence-corrected chi connectivity index (χ2v) is 31.6. The summed E-state index contributed by atoms with van der Waals surface area (Å²) in [6, 6.07) is 0. The fourth-order valence-corrected chi connectivity index (χ4v) is 13.4. The van der Waals surface area contributed by atoms with Gasteiger partial charge in [0.15, 0.2) is 12.2 Å². The molecule has 0 fully saturated rings. The topological polar surface area (TPSA) is 237 Å². The van der Waals surface area contributed by atoms with E-state index in [0.29, 0.717) is 31.6 Å². The zero-order chi connectivity index (χ0) is 70.7. The Morgan fingerprint density at radius 3 is 0.708 bits per heavy atom. The van der Waals surface area contributed by atoms with Gasteiger partial charge in [0.1, 0.15) is 19.3 Å². The van der Waals surface area contributed by atoms with Crippen LogP contribution in [0.2, 0.25) is 0 Å². The van der Waals surface area contributed by atoms with Gasteiger partial charge < -0.3 is 33.8 Å². The van der Waals surface area contributed by atoms with Crippen molar-refractivity contribution < 1.29 is 80.2 Å². The number of carbonyl (C=O) groups excluding carboxylic acids is 4. The van der Waals surface area contributed by atoms with Gasteiger partial charge in [0.2, 0.25) is 0 Å².